The minimum atomic E-state index is 0.0173. The van der Waals surface area contributed by atoms with Crippen molar-refractivity contribution >= 4 is 11.4 Å². The van der Waals surface area contributed by atoms with Gasteiger partial charge in [0.2, 0.25) is 0 Å². The summed E-state index contributed by atoms with van der Waals surface area (Å²) >= 11 is 0. The van der Waals surface area contributed by atoms with E-state index in [1.807, 2.05) is 6.07 Å². The molecule has 0 unspecified atom stereocenters. The highest BCUT2D eigenvalue weighted by Gasteiger charge is 2.32. The molecule has 1 heterocycles. The molecule has 0 atom stereocenters. The fraction of sp³-hybridized carbons (Fsp3) is 0.250. The van der Waals surface area contributed by atoms with E-state index in [4.69, 9.17) is 4.74 Å². The summed E-state index contributed by atoms with van der Waals surface area (Å²) in [6.07, 6.45) is 0. The summed E-state index contributed by atoms with van der Waals surface area (Å²) in [6, 6.07) is 14.7. The first-order valence-electron chi connectivity index (χ1n) is 6.18. The first-order valence-corrected chi connectivity index (χ1v) is 6.18. The zero-order chi connectivity index (χ0) is 12.8. The molecular weight excluding hydrogens is 222 g/mol. The molecule has 1 N–H and O–H groups in total. The van der Waals surface area contributed by atoms with Crippen LogP contribution in [0.4, 0.5) is 11.4 Å². The van der Waals surface area contributed by atoms with E-state index >= 15 is 0 Å². The van der Waals surface area contributed by atoms with Crippen molar-refractivity contribution in [2.24, 2.45) is 0 Å². The molecule has 0 aromatic heterocycles. The third-order valence-corrected chi connectivity index (χ3v) is 3.77. The second-order valence-corrected chi connectivity index (χ2v) is 5.21. The Morgan fingerprint density at radius 3 is 2.44 bits per heavy atom. The molecule has 3 rings (SSSR count). The van der Waals surface area contributed by atoms with Crippen LogP contribution >= 0.6 is 0 Å². The van der Waals surface area contributed by atoms with Gasteiger partial charge in [-0.05, 0) is 23.3 Å². The number of nitrogens with one attached hydrogen (secondary N) is 1. The topological polar surface area (TPSA) is 21.3 Å². The maximum Gasteiger partial charge on any atom is 0.120 e. The summed E-state index contributed by atoms with van der Waals surface area (Å²) in [5.41, 5.74) is 4.98. The predicted molar refractivity (Wildman–Crippen MR) is 74.8 cm³/mol. The van der Waals surface area contributed by atoms with Crippen LogP contribution in [0.3, 0.4) is 0 Å². The number of fused-ring (bicyclic) bond motifs is 2. The third-order valence-electron chi connectivity index (χ3n) is 3.77. The normalized spacial score (nSPS) is 15.3. The molecule has 0 saturated carbocycles. The van der Waals surface area contributed by atoms with Crippen molar-refractivity contribution < 1.29 is 4.74 Å². The van der Waals surface area contributed by atoms with Crippen molar-refractivity contribution in [2.75, 3.05) is 12.4 Å². The summed E-state index contributed by atoms with van der Waals surface area (Å²) in [7, 11) is 1.70. The van der Waals surface area contributed by atoms with E-state index in [0.717, 1.165) is 11.4 Å². The second kappa shape index (κ2) is 3.77. The first-order chi connectivity index (χ1) is 8.63. The van der Waals surface area contributed by atoms with E-state index in [1.54, 1.807) is 7.11 Å². The molecule has 0 bridgehead atoms. The Bertz CT molecular complexity index is 602. The van der Waals surface area contributed by atoms with Gasteiger partial charge in [0, 0.05) is 22.9 Å². The van der Waals surface area contributed by atoms with Gasteiger partial charge >= 0.3 is 0 Å². The van der Waals surface area contributed by atoms with Gasteiger partial charge in [0.25, 0.3) is 0 Å². The SMILES string of the molecule is COc1ccc2c(c1)Nc1ccccc1C2(C)C. The van der Waals surface area contributed by atoms with Crippen LogP contribution in [0.5, 0.6) is 5.75 Å². The maximum atomic E-state index is 5.30. The fourth-order valence-electron chi connectivity index (χ4n) is 2.73. The fourth-order valence-corrected chi connectivity index (χ4v) is 2.73. The van der Waals surface area contributed by atoms with Crippen LogP contribution in [-0.2, 0) is 5.41 Å². The lowest BCUT2D eigenvalue weighted by molar-refractivity contribution is 0.414. The molecule has 0 spiro atoms. The number of para-hydroxylation sites is 1. The van der Waals surface area contributed by atoms with E-state index in [9.17, 15) is 0 Å². The lowest BCUT2D eigenvalue weighted by atomic mass is 9.74. The van der Waals surface area contributed by atoms with Crippen LogP contribution < -0.4 is 10.1 Å². The molecule has 0 aliphatic carbocycles. The number of ether oxygens (including phenoxy) is 1. The highest BCUT2D eigenvalue weighted by Crippen LogP contribution is 2.45. The molecule has 2 heteroatoms. The Morgan fingerprint density at radius 2 is 1.67 bits per heavy atom. The van der Waals surface area contributed by atoms with Gasteiger partial charge in [-0.2, -0.15) is 0 Å². The van der Waals surface area contributed by atoms with Gasteiger partial charge in [-0.1, -0.05) is 38.1 Å². The number of methoxy groups -OCH3 is 1. The zero-order valence-corrected chi connectivity index (χ0v) is 10.9. The molecule has 18 heavy (non-hydrogen) atoms. The smallest absolute Gasteiger partial charge is 0.120 e. The average molecular weight is 239 g/mol. The monoisotopic (exact) mass is 239 g/mol. The van der Waals surface area contributed by atoms with Gasteiger partial charge in [-0.15, -0.1) is 0 Å². The van der Waals surface area contributed by atoms with Crippen LogP contribution in [0, 0.1) is 0 Å². The van der Waals surface area contributed by atoms with Crippen LogP contribution in [0.15, 0.2) is 42.5 Å². The minimum absolute atomic E-state index is 0.0173. The van der Waals surface area contributed by atoms with Gasteiger partial charge in [0.1, 0.15) is 5.75 Å². The Morgan fingerprint density at radius 1 is 0.944 bits per heavy atom. The van der Waals surface area contributed by atoms with Gasteiger partial charge in [-0.25, -0.2) is 0 Å². The summed E-state index contributed by atoms with van der Waals surface area (Å²) < 4.78 is 5.30. The Kier molecular flexibility index (Phi) is 2.34. The Balaban J connectivity index is 2.21. The van der Waals surface area contributed by atoms with Crippen molar-refractivity contribution in [2.45, 2.75) is 19.3 Å². The maximum absolute atomic E-state index is 5.30. The molecular formula is C16H17NO. The summed E-state index contributed by atoms with van der Waals surface area (Å²) in [5, 5.41) is 3.49. The van der Waals surface area contributed by atoms with Crippen LogP contribution in [0.2, 0.25) is 0 Å². The van der Waals surface area contributed by atoms with E-state index in [2.05, 4.69) is 55.6 Å². The van der Waals surface area contributed by atoms with Gasteiger partial charge in [-0.3, -0.25) is 0 Å². The lowest BCUT2D eigenvalue weighted by Gasteiger charge is -2.35. The Hall–Kier alpha value is -1.96. The summed E-state index contributed by atoms with van der Waals surface area (Å²) in [6.45, 7) is 4.52. The van der Waals surface area contributed by atoms with Crippen molar-refractivity contribution in [1.82, 2.24) is 0 Å². The second-order valence-electron chi connectivity index (χ2n) is 5.21. The van der Waals surface area contributed by atoms with Gasteiger partial charge in [0.05, 0.1) is 7.11 Å². The molecule has 2 aromatic rings. The zero-order valence-electron chi connectivity index (χ0n) is 10.9. The highest BCUT2D eigenvalue weighted by atomic mass is 16.5. The largest absolute Gasteiger partial charge is 0.497 e. The molecule has 92 valence electrons. The molecule has 0 fully saturated rings. The quantitative estimate of drug-likeness (QED) is 0.809. The van der Waals surface area contributed by atoms with Crippen LogP contribution in [0.1, 0.15) is 25.0 Å². The van der Waals surface area contributed by atoms with Crippen LogP contribution in [-0.4, -0.2) is 7.11 Å². The molecule has 2 nitrogen and oxygen atoms in total. The highest BCUT2D eigenvalue weighted by molar-refractivity contribution is 5.76. The van der Waals surface area contributed by atoms with E-state index in [1.165, 1.54) is 16.8 Å². The predicted octanol–water partition coefficient (Wildman–Crippen LogP) is 4.08. The first kappa shape index (κ1) is 11.1. The number of hydrogen-bond donors (Lipinski definition) is 1. The number of anilines is 2. The average Bonchev–Trinajstić information content (AvgIpc) is 2.38. The number of benzene rings is 2. The molecule has 1 aliphatic rings. The number of rotatable bonds is 1. The number of hydrogen-bond acceptors (Lipinski definition) is 2. The molecule has 0 saturated heterocycles. The van der Waals surface area contributed by atoms with E-state index in [0.29, 0.717) is 0 Å². The standard InChI is InChI=1S/C16H17NO/c1-16(2)12-6-4-5-7-14(12)17-15-10-11(18-3)8-9-13(15)16/h4-10,17H,1-3H3. The molecule has 1 aliphatic heterocycles. The van der Waals surface area contributed by atoms with Crippen molar-refractivity contribution in [3.05, 3.63) is 53.6 Å². The van der Waals surface area contributed by atoms with Crippen molar-refractivity contribution in [3.8, 4) is 5.75 Å². The third kappa shape index (κ3) is 1.49. The van der Waals surface area contributed by atoms with Crippen molar-refractivity contribution in [3.63, 3.8) is 0 Å². The van der Waals surface area contributed by atoms with Crippen molar-refractivity contribution in [1.29, 1.82) is 0 Å². The van der Waals surface area contributed by atoms with E-state index in [-0.39, 0.29) is 5.41 Å². The lowest BCUT2D eigenvalue weighted by Crippen LogP contribution is -2.25. The van der Waals surface area contributed by atoms with E-state index < -0.39 is 0 Å². The molecule has 0 amide bonds. The molecule has 2 aromatic carbocycles. The van der Waals surface area contributed by atoms with Gasteiger partial charge in [0.15, 0.2) is 0 Å². The van der Waals surface area contributed by atoms with Gasteiger partial charge < -0.3 is 10.1 Å². The molecule has 0 radical (unpaired) electrons. The minimum Gasteiger partial charge on any atom is -0.497 e. The van der Waals surface area contributed by atoms with Crippen LogP contribution in [0.25, 0.3) is 0 Å². The summed E-state index contributed by atoms with van der Waals surface area (Å²) in [5.74, 6) is 0.886. The summed E-state index contributed by atoms with van der Waals surface area (Å²) in [4.78, 5) is 0. The Labute approximate surface area is 108 Å².